The van der Waals surface area contributed by atoms with E-state index in [4.69, 9.17) is 5.11 Å². The number of nitrogens with zero attached hydrogens (tertiary/aromatic N) is 3. The van der Waals surface area contributed by atoms with E-state index in [-0.39, 0.29) is 17.2 Å². The van der Waals surface area contributed by atoms with Gasteiger partial charge in [0.15, 0.2) is 0 Å². The maximum absolute atomic E-state index is 12.0. The van der Waals surface area contributed by atoms with Gasteiger partial charge in [0.25, 0.3) is 5.91 Å². The van der Waals surface area contributed by atoms with E-state index in [1.165, 1.54) is 18.3 Å². The van der Waals surface area contributed by atoms with Gasteiger partial charge in [0, 0.05) is 19.8 Å². The number of carboxylic acids is 1. The summed E-state index contributed by atoms with van der Waals surface area (Å²) in [6.07, 6.45) is 2.08. The molecule has 0 radical (unpaired) electrons. The molecule has 0 atom stereocenters. The number of aromatic nitrogens is 1. The van der Waals surface area contributed by atoms with E-state index in [2.05, 4.69) is 9.88 Å². The van der Waals surface area contributed by atoms with Crippen LogP contribution < -0.4 is 0 Å². The molecular formula is C13H19N3O3. The average Bonchev–Trinajstić information content (AvgIpc) is 2.37. The van der Waals surface area contributed by atoms with Gasteiger partial charge < -0.3 is 14.9 Å². The molecule has 0 aromatic carbocycles. The molecule has 0 saturated heterocycles. The summed E-state index contributed by atoms with van der Waals surface area (Å²) in [5, 5.41) is 8.75. The Morgan fingerprint density at radius 1 is 1.21 bits per heavy atom. The number of carbonyl (C=O) groups excluding carboxylic acids is 1. The van der Waals surface area contributed by atoms with Gasteiger partial charge in [-0.2, -0.15) is 0 Å². The number of carbonyl (C=O) groups is 2. The summed E-state index contributed by atoms with van der Waals surface area (Å²) in [5.41, 5.74) is 0.337. The second kappa shape index (κ2) is 6.84. The Kier molecular flexibility index (Phi) is 5.44. The van der Waals surface area contributed by atoms with Crippen molar-refractivity contribution in [2.24, 2.45) is 0 Å². The molecule has 0 aliphatic carbocycles. The van der Waals surface area contributed by atoms with E-state index < -0.39 is 5.97 Å². The second-order valence-electron chi connectivity index (χ2n) is 4.62. The van der Waals surface area contributed by atoms with Crippen molar-refractivity contribution in [2.75, 3.05) is 34.2 Å². The smallest absolute Gasteiger partial charge is 0.337 e. The SMILES string of the molecule is CN(C)CCCN(C)C(=O)c1ccc(C(=O)O)cn1. The summed E-state index contributed by atoms with van der Waals surface area (Å²) in [5.74, 6) is -1.25. The van der Waals surface area contributed by atoms with Crippen molar-refractivity contribution >= 4 is 11.9 Å². The number of hydrogen-bond donors (Lipinski definition) is 1. The fourth-order valence-electron chi connectivity index (χ4n) is 1.57. The predicted molar refractivity (Wildman–Crippen MR) is 71.3 cm³/mol. The molecule has 6 nitrogen and oxygen atoms in total. The van der Waals surface area contributed by atoms with Crippen LogP contribution in [0.3, 0.4) is 0 Å². The monoisotopic (exact) mass is 265 g/mol. The fourth-order valence-corrected chi connectivity index (χ4v) is 1.57. The van der Waals surface area contributed by atoms with Gasteiger partial charge in [-0.05, 0) is 39.2 Å². The van der Waals surface area contributed by atoms with Crippen LogP contribution in [0.2, 0.25) is 0 Å². The van der Waals surface area contributed by atoms with Crippen LogP contribution in [0, 0.1) is 0 Å². The Morgan fingerprint density at radius 3 is 2.37 bits per heavy atom. The van der Waals surface area contributed by atoms with E-state index in [9.17, 15) is 9.59 Å². The maximum Gasteiger partial charge on any atom is 0.337 e. The number of aromatic carboxylic acids is 1. The van der Waals surface area contributed by atoms with E-state index in [0.717, 1.165) is 13.0 Å². The molecule has 1 aromatic rings. The molecule has 0 spiro atoms. The third-order valence-electron chi connectivity index (χ3n) is 2.68. The van der Waals surface area contributed by atoms with E-state index in [0.29, 0.717) is 6.54 Å². The van der Waals surface area contributed by atoms with Crippen LogP contribution in [0.1, 0.15) is 27.3 Å². The molecule has 19 heavy (non-hydrogen) atoms. The highest BCUT2D eigenvalue weighted by molar-refractivity contribution is 5.93. The van der Waals surface area contributed by atoms with Gasteiger partial charge in [-0.3, -0.25) is 9.78 Å². The van der Waals surface area contributed by atoms with Crippen molar-refractivity contribution in [3.8, 4) is 0 Å². The topological polar surface area (TPSA) is 73.7 Å². The van der Waals surface area contributed by atoms with Crippen LogP contribution in [0.25, 0.3) is 0 Å². The third-order valence-corrected chi connectivity index (χ3v) is 2.68. The highest BCUT2D eigenvalue weighted by Gasteiger charge is 2.13. The molecule has 104 valence electrons. The summed E-state index contributed by atoms with van der Waals surface area (Å²) in [7, 11) is 5.67. The molecule has 0 aliphatic heterocycles. The van der Waals surface area contributed by atoms with Crippen LogP contribution >= 0.6 is 0 Å². The van der Waals surface area contributed by atoms with Crippen molar-refractivity contribution in [3.05, 3.63) is 29.6 Å². The first-order valence-electron chi connectivity index (χ1n) is 6.01. The summed E-state index contributed by atoms with van der Waals surface area (Å²) in [6.45, 7) is 1.54. The summed E-state index contributed by atoms with van der Waals surface area (Å²) in [6, 6.07) is 2.82. The summed E-state index contributed by atoms with van der Waals surface area (Å²) >= 11 is 0. The quantitative estimate of drug-likeness (QED) is 0.823. The maximum atomic E-state index is 12.0. The molecule has 1 heterocycles. The van der Waals surface area contributed by atoms with E-state index in [1.54, 1.807) is 11.9 Å². The molecular weight excluding hydrogens is 246 g/mol. The lowest BCUT2D eigenvalue weighted by Gasteiger charge is -2.18. The normalized spacial score (nSPS) is 10.5. The van der Waals surface area contributed by atoms with Crippen molar-refractivity contribution < 1.29 is 14.7 Å². The Bertz CT molecular complexity index is 443. The minimum atomic E-state index is -1.05. The molecule has 1 amide bonds. The van der Waals surface area contributed by atoms with Crippen LogP contribution in [-0.4, -0.2) is 66.0 Å². The van der Waals surface area contributed by atoms with Crippen molar-refractivity contribution in [1.82, 2.24) is 14.8 Å². The standard InChI is InChI=1S/C13H19N3O3/c1-15(2)7-4-8-16(3)12(17)11-6-5-10(9-14-11)13(18)19/h5-6,9H,4,7-8H2,1-3H3,(H,18,19). The Labute approximate surface area is 112 Å². The third kappa shape index (κ3) is 4.67. The lowest BCUT2D eigenvalue weighted by molar-refractivity contribution is 0.0694. The zero-order chi connectivity index (χ0) is 14.4. The van der Waals surface area contributed by atoms with Gasteiger partial charge >= 0.3 is 5.97 Å². The van der Waals surface area contributed by atoms with E-state index in [1.807, 2.05) is 14.1 Å². The van der Waals surface area contributed by atoms with Crippen molar-refractivity contribution in [2.45, 2.75) is 6.42 Å². The summed E-state index contributed by atoms with van der Waals surface area (Å²) < 4.78 is 0. The first-order chi connectivity index (χ1) is 8.91. The number of rotatable bonds is 6. The van der Waals surface area contributed by atoms with E-state index >= 15 is 0 Å². The number of amides is 1. The Morgan fingerprint density at radius 2 is 1.89 bits per heavy atom. The number of pyridine rings is 1. The van der Waals surface area contributed by atoms with Crippen molar-refractivity contribution in [1.29, 1.82) is 0 Å². The average molecular weight is 265 g/mol. The minimum absolute atomic E-state index is 0.0758. The Balaban J connectivity index is 2.59. The molecule has 0 saturated carbocycles. The van der Waals surface area contributed by atoms with Gasteiger partial charge in [-0.25, -0.2) is 4.79 Å². The predicted octanol–water partition coefficient (Wildman–Crippen LogP) is 0.803. The van der Waals surface area contributed by atoms with Gasteiger partial charge in [0.1, 0.15) is 5.69 Å². The second-order valence-corrected chi connectivity index (χ2v) is 4.62. The highest BCUT2D eigenvalue weighted by Crippen LogP contribution is 2.04. The van der Waals surface area contributed by atoms with Gasteiger partial charge in [-0.15, -0.1) is 0 Å². The van der Waals surface area contributed by atoms with Crippen molar-refractivity contribution in [3.63, 3.8) is 0 Å². The Hall–Kier alpha value is -1.95. The molecule has 1 rings (SSSR count). The fraction of sp³-hybridized carbons (Fsp3) is 0.462. The van der Waals surface area contributed by atoms with Gasteiger partial charge in [0.2, 0.25) is 0 Å². The molecule has 6 heteroatoms. The van der Waals surface area contributed by atoms with Crippen LogP contribution in [0.4, 0.5) is 0 Å². The first-order valence-corrected chi connectivity index (χ1v) is 6.01. The van der Waals surface area contributed by atoms with Crippen LogP contribution in [0.15, 0.2) is 18.3 Å². The van der Waals surface area contributed by atoms with Crippen LogP contribution in [0.5, 0.6) is 0 Å². The molecule has 0 unspecified atom stereocenters. The molecule has 0 bridgehead atoms. The van der Waals surface area contributed by atoms with Crippen LogP contribution in [-0.2, 0) is 0 Å². The largest absolute Gasteiger partial charge is 0.478 e. The molecule has 1 aromatic heterocycles. The van der Waals surface area contributed by atoms with Gasteiger partial charge in [0.05, 0.1) is 5.56 Å². The number of carboxylic acid groups (broad SMARTS) is 1. The summed E-state index contributed by atoms with van der Waals surface area (Å²) in [4.78, 5) is 30.2. The minimum Gasteiger partial charge on any atom is -0.478 e. The number of hydrogen-bond acceptors (Lipinski definition) is 4. The highest BCUT2D eigenvalue weighted by atomic mass is 16.4. The zero-order valence-electron chi connectivity index (χ0n) is 11.5. The zero-order valence-corrected chi connectivity index (χ0v) is 11.5. The van der Waals surface area contributed by atoms with Gasteiger partial charge in [-0.1, -0.05) is 0 Å². The molecule has 0 aliphatic rings. The lowest BCUT2D eigenvalue weighted by Crippen LogP contribution is -2.30. The lowest BCUT2D eigenvalue weighted by atomic mass is 10.2. The first kappa shape index (κ1) is 15.1. The molecule has 0 fully saturated rings. The molecule has 1 N–H and O–H groups in total.